The molecule has 8 heteroatoms. The van der Waals surface area contributed by atoms with E-state index in [-0.39, 0.29) is 24.4 Å². The molecule has 2 N–H and O–H groups in total. The van der Waals surface area contributed by atoms with Crippen LogP contribution in [0.25, 0.3) is 0 Å². The summed E-state index contributed by atoms with van der Waals surface area (Å²) in [6, 6.07) is 7.46. The predicted molar refractivity (Wildman–Crippen MR) is 90.4 cm³/mol. The van der Waals surface area contributed by atoms with Crippen LogP contribution >= 0.6 is 0 Å². The number of hydrogen-bond acceptors (Lipinski definition) is 6. The van der Waals surface area contributed by atoms with Gasteiger partial charge in [0, 0.05) is 18.2 Å². The SMILES string of the molecule is CC1O[Si]2(c3ccc(COC4CN[C@H](C(=O)O)C4)cc3)OC(C)C1O2. The second kappa shape index (κ2) is 6.46. The van der Waals surface area contributed by atoms with Crippen LogP contribution in [0.2, 0.25) is 0 Å². The van der Waals surface area contributed by atoms with Gasteiger partial charge >= 0.3 is 14.8 Å². The molecule has 25 heavy (non-hydrogen) atoms. The molecule has 0 saturated carbocycles. The molecule has 136 valence electrons. The number of hydrogen-bond donors (Lipinski definition) is 2. The molecule has 0 amide bonds. The molecule has 3 aliphatic rings. The molecule has 3 heterocycles. The summed E-state index contributed by atoms with van der Waals surface area (Å²) in [6.07, 6.45) is 0.574. The first-order chi connectivity index (χ1) is 12.0. The second-order valence-electron chi connectivity index (χ2n) is 6.95. The maximum atomic E-state index is 10.9. The van der Waals surface area contributed by atoms with Gasteiger partial charge in [0.25, 0.3) is 0 Å². The first-order valence-corrected chi connectivity index (χ1v) is 10.4. The largest absolute Gasteiger partial charge is 0.538 e. The van der Waals surface area contributed by atoms with E-state index in [4.69, 9.17) is 23.1 Å². The Kier molecular flexibility index (Phi) is 4.43. The minimum atomic E-state index is -2.74. The van der Waals surface area contributed by atoms with Crippen LogP contribution in [0, 0.1) is 0 Å². The van der Waals surface area contributed by atoms with Crippen LogP contribution in [0.5, 0.6) is 0 Å². The van der Waals surface area contributed by atoms with E-state index < -0.39 is 20.8 Å². The first kappa shape index (κ1) is 17.1. The van der Waals surface area contributed by atoms with Gasteiger partial charge in [-0.15, -0.1) is 0 Å². The first-order valence-electron chi connectivity index (χ1n) is 8.67. The van der Waals surface area contributed by atoms with Gasteiger partial charge in [0.2, 0.25) is 0 Å². The van der Waals surface area contributed by atoms with Gasteiger partial charge in [0.1, 0.15) is 6.04 Å². The van der Waals surface area contributed by atoms with Gasteiger partial charge in [0.05, 0.1) is 31.0 Å². The summed E-state index contributed by atoms with van der Waals surface area (Å²) in [5.41, 5.74) is 1.03. The van der Waals surface area contributed by atoms with Crippen LogP contribution < -0.4 is 10.5 Å². The highest BCUT2D eigenvalue weighted by Crippen LogP contribution is 2.37. The zero-order valence-corrected chi connectivity index (χ0v) is 15.3. The molecule has 3 saturated heterocycles. The predicted octanol–water partition coefficient (Wildman–Crippen LogP) is 0.387. The average molecular weight is 365 g/mol. The maximum Gasteiger partial charge on any atom is 0.538 e. The monoisotopic (exact) mass is 365 g/mol. The lowest BCUT2D eigenvalue weighted by Gasteiger charge is -2.26. The van der Waals surface area contributed by atoms with Crippen LogP contribution in [0.15, 0.2) is 24.3 Å². The van der Waals surface area contributed by atoms with Crippen LogP contribution in [0.4, 0.5) is 0 Å². The average Bonchev–Trinajstić information content (AvgIpc) is 3.26. The van der Waals surface area contributed by atoms with E-state index >= 15 is 0 Å². The number of carbonyl (C=O) groups is 1. The van der Waals surface area contributed by atoms with Crippen molar-refractivity contribution in [2.45, 2.75) is 57.3 Å². The zero-order valence-electron chi connectivity index (χ0n) is 14.3. The van der Waals surface area contributed by atoms with E-state index in [1.165, 1.54) is 0 Å². The minimum Gasteiger partial charge on any atom is -0.480 e. The normalized spacial score (nSPS) is 39.8. The Balaban J connectivity index is 1.36. The van der Waals surface area contributed by atoms with E-state index in [1.54, 1.807) is 0 Å². The van der Waals surface area contributed by atoms with Gasteiger partial charge < -0.3 is 28.4 Å². The van der Waals surface area contributed by atoms with Crippen molar-refractivity contribution in [2.24, 2.45) is 0 Å². The van der Waals surface area contributed by atoms with E-state index in [2.05, 4.69) is 5.32 Å². The molecule has 1 aromatic carbocycles. The van der Waals surface area contributed by atoms with Crippen LogP contribution in [-0.4, -0.2) is 56.9 Å². The van der Waals surface area contributed by atoms with Gasteiger partial charge in [-0.3, -0.25) is 4.79 Å². The third-order valence-electron chi connectivity index (χ3n) is 5.08. The van der Waals surface area contributed by atoms with E-state index in [9.17, 15) is 4.79 Å². The molecular weight excluding hydrogens is 342 g/mol. The highest BCUT2D eigenvalue weighted by atomic mass is 28.4. The Hall–Kier alpha value is -1.29. The number of aliphatic carboxylic acids is 1. The van der Waals surface area contributed by atoms with Crippen molar-refractivity contribution in [2.75, 3.05) is 6.54 Å². The van der Waals surface area contributed by atoms with Crippen molar-refractivity contribution < 1.29 is 27.9 Å². The van der Waals surface area contributed by atoms with Gasteiger partial charge in [-0.05, 0) is 19.4 Å². The van der Waals surface area contributed by atoms with Crippen LogP contribution in [0.1, 0.15) is 25.8 Å². The number of fused-ring (bicyclic) bond motifs is 2. The van der Waals surface area contributed by atoms with Crippen molar-refractivity contribution in [3.63, 3.8) is 0 Å². The highest BCUT2D eigenvalue weighted by Gasteiger charge is 2.62. The fourth-order valence-electron chi connectivity index (χ4n) is 3.70. The number of ether oxygens (including phenoxy) is 1. The lowest BCUT2D eigenvalue weighted by molar-refractivity contribution is -0.139. The summed E-state index contributed by atoms with van der Waals surface area (Å²) in [7, 11) is -2.74. The molecule has 0 radical (unpaired) electrons. The Bertz CT molecular complexity index is 641. The van der Waals surface area contributed by atoms with Gasteiger partial charge in [-0.2, -0.15) is 0 Å². The van der Waals surface area contributed by atoms with Crippen molar-refractivity contribution in [1.29, 1.82) is 0 Å². The topological polar surface area (TPSA) is 86.3 Å². The Morgan fingerprint density at radius 2 is 1.92 bits per heavy atom. The molecule has 3 unspecified atom stereocenters. The van der Waals surface area contributed by atoms with Gasteiger partial charge in [-0.1, -0.05) is 24.3 Å². The fourth-order valence-corrected chi connectivity index (χ4v) is 6.84. The third-order valence-corrected chi connectivity index (χ3v) is 8.07. The highest BCUT2D eigenvalue weighted by molar-refractivity contribution is 6.76. The summed E-state index contributed by atoms with van der Waals surface area (Å²) in [4.78, 5) is 10.9. The van der Waals surface area contributed by atoms with Crippen molar-refractivity contribution >= 4 is 20.0 Å². The number of carboxylic acid groups (broad SMARTS) is 1. The molecule has 4 rings (SSSR count). The molecule has 0 aromatic heterocycles. The molecule has 3 aliphatic heterocycles. The second-order valence-corrected chi connectivity index (χ2v) is 9.35. The van der Waals surface area contributed by atoms with Gasteiger partial charge in [-0.25, -0.2) is 0 Å². The smallest absolute Gasteiger partial charge is 0.480 e. The summed E-state index contributed by atoms with van der Waals surface area (Å²) in [5, 5.41) is 12.9. The fraction of sp³-hybridized carbons (Fsp3) is 0.588. The third kappa shape index (κ3) is 3.14. The Labute approximate surface area is 147 Å². The van der Waals surface area contributed by atoms with Crippen molar-refractivity contribution in [3.8, 4) is 0 Å². The number of nitrogens with one attached hydrogen (secondary N) is 1. The number of carboxylic acids is 1. The van der Waals surface area contributed by atoms with Crippen LogP contribution in [-0.2, 0) is 29.4 Å². The molecule has 4 atom stereocenters. The molecule has 0 aliphatic carbocycles. The molecular formula is C17H23NO6Si. The van der Waals surface area contributed by atoms with E-state index in [0.717, 1.165) is 10.8 Å². The van der Waals surface area contributed by atoms with E-state index in [0.29, 0.717) is 19.6 Å². The van der Waals surface area contributed by atoms with Crippen molar-refractivity contribution in [1.82, 2.24) is 5.32 Å². The summed E-state index contributed by atoms with van der Waals surface area (Å²) >= 11 is 0. The lowest BCUT2D eigenvalue weighted by Crippen LogP contribution is -2.53. The quantitative estimate of drug-likeness (QED) is 0.730. The standard InChI is InChI=1S/C17H23NO6Si/c1-10-16-11(2)23-25(22-10,24-16)14-5-3-12(4-6-14)9-21-13-7-15(17(19)20)18-8-13/h3-6,10-11,13,15-16,18H,7-9H2,1-2H3,(H,19,20)/t10?,11?,13?,15-,16?,25?/m0/s1. The summed E-state index contributed by atoms with van der Waals surface area (Å²) in [5.74, 6) is -0.824. The lowest BCUT2D eigenvalue weighted by atomic mass is 10.1. The molecule has 3 fully saturated rings. The summed E-state index contributed by atoms with van der Waals surface area (Å²) in [6.45, 7) is 5.07. The van der Waals surface area contributed by atoms with Crippen LogP contribution in [0.3, 0.4) is 0 Å². The molecule has 1 aromatic rings. The van der Waals surface area contributed by atoms with E-state index in [1.807, 2.05) is 38.1 Å². The summed E-state index contributed by atoms with van der Waals surface area (Å²) < 4.78 is 23.9. The maximum absolute atomic E-state index is 10.9. The van der Waals surface area contributed by atoms with Crippen molar-refractivity contribution in [3.05, 3.63) is 29.8 Å². The molecule has 0 spiro atoms. The Morgan fingerprint density at radius 1 is 1.24 bits per heavy atom. The number of rotatable bonds is 5. The molecule has 7 nitrogen and oxygen atoms in total. The number of benzene rings is 1. The minimum absolute atomic E-state index is 0.0201. The zero-order chi connectivity index (χ0) is 17.6. The van der Waals surface area contributed by atoms with Gasteiger partial charge in [0.15, 0.2) is 0 Å². The molecule has 2 bridgehead atoms. The Morgan fingerprint density at radius 3 is 2.48 bits per heavy atom.